The molecule has 1 amide bonds. The van der Waals surface area contributed by atoms with Crippen molar-refractivity contribution in [2.45, 2.75) is 6.92 Å². The van der Waals surface area contributed by atoms with Crippen LogP contribution in [0.3, 0.4) is 0 Å². The molecule has 0 unspecified atom stereocenters. The second kappa shape index (κ2) is 9.35. The average molecular weight is 267 g/mol. The fraction of sp³-hybridized carbons (Fsp3) is 0.500. The SMILES string of the molecule is CNC(=O)COCCOCCOc1ccc(C)cc1. The molecule has 1 rings (SSSR count). The van der Waals surface area contributed by atoms with Gasteiger partial charge in [-0.1, -0.05) is 17.7 Å². The summed E-state index contributed by atoms with van der Waals surface area (Å²) in [5, 5.41) is 2.47. The molecule has 1 N–H and O–H groups in total. The Bertz CT molecular complexity index is 364. The molecule has 0 saturated carbocycles. The molecule has 5 nitrogen and oxygen atoms in total. The Hall–Kier alpha value is -1.59. The normalized spacial score (nSPS) is 10.2. The summed E-state index contributed by atoms with van der Waals surface area (Å²) < 4.78 is 15.9. The average Bonchev–Trinajstić information content (AvgIpc) is 2.43. The number of rotatable bonds is 9. The molecule has 1 aromatic rings. The van der Waals surface area contributed by atoms with Crippen molar-refractivity contribution in [2.24, 2.45) is 0 Å². The number of aryl methyl sites for hydroxylation is 1. The number of amides is 1. The van der Waals surface area contributed by atoms with E-state index in [2.05, 4.69) is 5.32 Å². The number of nitrogens with one attached hydrogen (secondary N) is 1. The van der Waals surface area contributed by atoms with Crippen LogP contribution in [0.1, 0.15) is 5.56 Å². The second-order valence-electron chi connectivity index (χ2n) is 4.00. The third kappa shape index (κ3) is 7.43. The van der Waals surface area contributed by atoms with Gasteiger partial charge in [0.05, 0.1) is 19.8 Å². The lowest BCUT2D eigenvalue weighted by atomic mass is 10.2. The fourth-order valence-electron chi connectivity index (χ4n) is 1.31. The summed E-state index contributed by atoms with van der Waals surface area (Å²) >= 11 is 0. The summed E-state index contributed by atoms with van der Waals surface area (Å²) in [4.78, 5) is 10.8. The highest BCUT2D eigenvalue weighted by atomic mass is 16.5. The molecule has 5 heteroatoms. The van der Waals surface area contributed by atoms with Gasteiger partial charge >= 0.3 is 0 Å². The van der Waals surface area contributed by atoms with Gasteiger partial charge in [-0.3, -0.25) is 4.79 Å². The van der Waals surface area contributed by atoms with Crippen LogP contribution in [-0.2, 0) is 14.3 Å². The highest BCUT2D eigenvalue weighted by molar-refractivity contribution is 5.76. The smallest absolute Gasteiger partial charge is 0.245 e. The van der Waals surface area contributed by atoms with Gasteiger partial charge in [-0.05, 0) is 19.1 Å². The van der Waals surface area contributed by atoms with Crippen molar-refractivity contribution >= 4 is 5.91 Å². The van der Waals surface area contributed by atoms with Crippen molar-refractivity contribution in [1.82, 2.24) is 5.32 Å². The van der Waals surface area contributed by atoms with Gasteiger partial charge in [0.2, 0.25) is 5.91 Å². The first-order valence-electron chi connectivity index (χ1n) is 6.28. The van der Waals surface area contributed by atoms with E-state index >= 15 is 0 Å². The molecule has 0 heterocycles. The molecule has 0 spiro atoms. The molecule has 0 saturated heterocycles. The van der Waals surface area contributed by atoms with Crippen LogP contribution < -0.4 is 10.1 Å². The zero-order valence-corrected chi connectivity index (χ0v) is 11.5. The van der Waals surface area contributed by atoms with E-state index < -0.39 is 0 Å². The molecular formula is C14H21NO4. The van der Waals surface area contributed by atoms with E-state index in [-0.39, 0.29) is 12.5 Å². The van der Waals surface area contributed by atoms with E-state index in [9.17, 15) is 4.79 Å². The summed E-state index contributed by atoms with van der Waals surface area (Å²) in [5.74, 6) is 0.702. The van der Waals surface area contributed by atoms with Crippen molar-refractivity contribution < 1.29 is 19.0 Å². The largest absolute Gasteiger partial charge is 0.491 e. The Labute approximate surface area is 113 Å². The number of likely N-dealkylation sites (N-methyl/N-ethyl adjacent to an activating group) is 1. The zero-order chi connectivity index (χ0) is 13.9. The lowest BCUT2D eigenvalue weighted by Gasteiger charge is -2.07. The van der Waals surface area contributed by atoms with Crippen LogP contribution in [0.15, 0.2) is 24.3 Å². The molecule has 0 fully saturated rings. The first-order valence-corrected chi connectivity index (χ1v) is 6.28. The second-order valence-corrected chi connectivity index (χ2v) is 4.00. The Morgan fingerprint density at radius 2 is 1.68 bits per heavy atom. The summed E-state index contributed by atoms with van der Waals surface area (Å²) in [7, 11) is 1.57. The minimum atomic E-state index is -0.136. The fourth-order valence-corrected chi connectivity index (χ4v) is 1.31. The Morgan fingerprint density at radius 3 is 2.37 bits per heavy atom. The predicted octanol–water partition coefficient (Wildman–Crippen LogP) is 1.15. The standard InChI is InChI=1S/C14H21NO4/c1-12-3-5-13(6-4-12)19-10-9-17-7-8-18-11-14(16)15-2/h3-6H,7-11H2,1-2H3,(H,15,16). The van der Waals surface area contributed by atoms with Crippen LogP contribution in [0.4, 0.5) is 0 Å². The first-order chi connectivity index (χ1) is 9.22. The number of hydrogen-bond donors (Lipinski definition) is 1. The molecule has 19 heavy (non-hydrogen) atoms. The predicted molar refractivity (Wildman–Crippen MR) is 72.4 cm³/mol. The van der Waals surface area contributed by atoms with Gasteiger partial charge in [-0.2, -0.15) is 0 Å². The lowest BCUT2D eigenvalue weighted by Crippen LogP contribution is -2.24. The van der Waals surface area contributed by atoms with E-state index in [1.54, 1.807) is 7.05 Å². The Morgan fingerprint density at radius 1 is 1.05 bits per heavy atom. The van der Waals surface area contributed by atoms with Crippen molar-refractivity contribution in [3.05, 3.63) is 29.8 Å². The number of carbonyl (C=O) groups excluding carboxylic acids is 1. The Balaban J connectivity index is 1.94. The minimum absolute atomic E-state index is 0.0692. The van der Waals surface area contributed by atoms with Gasteiger partial charge in [0.15, 0.2) is 0 Å². The summed E-state index contributed by atoms with van der Waals surface area (Å²) in [5.41, 5.74) is 1.21. The number of ether oxygens (including phenoxy) is 3. The zero-order valence-electron chi connectivity index (χ0n) is 11.5. The molecule has 0 aliphatic carbocycles. The van der Waals surface area contributed by atoms with Crippen LogP contribution in [0, 0.1) is 6.92 Å². The molecule has 0 aliphatic rings. The molecule has 106 valence electrons. The van der Waals surface area contributed by atoms with Crippen LogP contribution in [0.2, 0.25) is 0 Å². The molecule has 1 aromatic carbocycles. The van der Waals surface area contributed by atoms with Crippen LogP contribution >= 0.6 is 0 Å². The van der Waals surface area contributed by atoms with E-state index in [0.717, 1.165) is 5.75 Å². The highest BCUT2D eigenvalue weighted by Gasteiger charge is 1.97. The van der Waals surface area contributed by atoms with E-state index in [1.165, 1.54) is 5.56 Å². The summed E-state index contributed by atoms with van der Waals surface area (Å²) in [6, 6.07) is 7.87. The topological polar surface area (TPSA) is 56.8 Å². The molecule has 0 radical (unpaired) electrons. The maximum Gasteiger partial charge on any atom is 0.245 e. The summed E-state index contributed by atoms with van der Waals surface area (Å²) in [6.07, 6.45) is 0. The van der Waals surface area contributed by atoms with Crippen molar-refractivity contribution in [1.29, 1.82) is 0 Å². The van der Waals surface area contributed by atoms with Crippen LogP contribution in [0.5, 0.6) is 5.75 Å². The number of hydrogen-bond acceptors (Lipinski definition) is 4. The van der Waals surface area contributed by atoms with Crippen LogP contribution in [0.25, 0.3) is 0 Å². The monoisotopic (exact) mass is 267 g/mol. The van der Waals surface area contributed by atoms with Gasteiger partial charge in [0, 0.05) is 7.05 Å². The minimum Gasteiger partial charge on any atom is -0.491 e. The van der Waals surface area contributed by atoms with E-state index in [1.807, 2.05) is 31.2 Å². The number of carbonyl (C=O) groups is 1. The molecule has 0 aromatic heterocycles. The summed E-state index contributed by atoms with van der Waals surface area (Å²) in [6.45, 7) is 3.95. The molecule has 0 bridgehead atoms. The first kappa shape index (κ1) is 15.5. The van der Waals surface area contributed by atoms with Crippen molar-refractivity contribution in [2.75, 3.05) is 40.1 Å². The van der Waals surface area contributed by atoms with Crippen molar-refractivity contribution in [3.8, 4) is 5.75 Å². The third-order valence-corrected chi connectivity index (χ3v) is 2.40. The lowest BCUT2D eigenvalue weighted by molar-refractivity contribution is -0.125. The van der Waals surface area contributed by atoms with Gasteiger partial charge in [0.1, 0.15) is 19.0 Å². The van der Waals surface area contributed by atoms with Gasteiger partial charge in [0.25, 0.3) is 0 Å². The Kier molecular flexibility index (Phi) is 7.62. The molecule has 0 aliphatic heterocycles. The maximum absolute atomic E-state index is 10.8. The number of benzene rings is 1. The van der Waals surface area contributed by atoms with Crippen LogP contribution in [-0.4, -0.2) is 46.0 Å². The maximum atomic E-state index is 10.8. The third-order valence-electron chi connectivity index (χ3n) is 2.40. The highest BCUT2D eigenvalue weighted by Crippen LogP contribution is 2.10. The van der Waals surface area contributed by atoms with E-state index in [0.29, 0.717) is 26.4 Å². The van der Waals surface area contributed by atoms with E-state index in [4.69, 9.17) is 14.2 Å². The van der Waals surface area contributed by atoms with Crippen molar-refractivity contribution in [3.63, 3.8) is 0 Å². The van der Waals surface area contributed by atoms with Gasteiger partial charge in [-0.15, -0.1) is 0 Å². The van der Waals surface area contributed by atoms with Gasteiger partial charge in [-0.25, -0.2) is 0 Å². The quantitative estimate of drug-likeness (QED) is 0.682. The molecular weight excluding hydrogens is 246 g/mol. The molecule has 0 atom stereocenters. The van der Waals surface area contributed by atoms with Gasteiger partial charge < -0.3 is 19.5 Å².